The highest BCUT2D eigenvalue weighted by molar-refractivity contribution is 7.90. The van der Waals surface area contributed by atoms with Crippen LogP contribution in [0.3, 0.4) is 0 Å². The topological polar surface area (TPSA) is 110 Å². The van der Waals surface area contributed by atoms with Crippen LogP contribution in [-0.2, 0) is 21.7 Å². The van der Waals surface area contributed by atoms with Crippen LogP contribution in [0, 0.1) is 5.92 Å². The van der Waals surface area contributed by atoms with E-state index in [1.54, 1.807) is 25.5 Å². The molecule has 4 rings (SSSR count). The molecule has 2 N–H and O–H groups in total. The van der Waals surface area contributed by atoms with Gasteiger partial charge in [-0.15, -0.1) is 0 Å². The maximum absolute atomic E-state index is 12.4. The first-order chi connectivity index (χ1) is 13.6. The predicted molar refractivity (Wildman–Crippen MR) is 114 cm³/mol. The highest BCUT2D eigenvalue weighted by Gasteiger charge is 2.33. The number of rotatable bonds is 3. The lowest BCUT2D eigenvalue weighted by atomic mass is 9.99. The van der Waals surface area contributed by atoms with E-state index in [4.69, 9.17) is 4.74 Å². The quantitative estimate of drug-likeness (QED) is 0.678. The zero-order valence-electron chi connectivity index (χ0n) is 16.4. The number of amides is 1. The van der Waals surface area contributed by atoms with Crippen LogP contribution in [0.4, 0.5) is 5.69 Å². The Bertz CT molecular complexity index is 1330. The molecule has 0 bridgehead atoms. The van der Waals surface area contributed by atoms with E-state index < -0.39 is 15.9 Å². The molecule has 0 saturated heterocycles. The lowest BCUT2D eigenvalue weighted by Gasteiger charge is -2.30. The van der Waals surface area contributed by atoms with E-state index in [1.807, 2.05) is 13.8 Å². The molecule has 0 spiro atoms. The number of fused-ring (bicyclic) bond motifs is 2. The molecule has 0 fully saturated rings. The molecule has 29 heavy (non-hydrogen) atoms. The fraction of sp³-hybridized carbons (Fsp3) is 0.300. The molecule has 0 aliphatic carbocycles. The monoisotopic (exact) mass is 419 g/mol. The summed E-state index contributed by atoms with van der Waals surface area (Å²) in [4.78, 5) is 27.8. The molecule has 3 heterocycles. The van der Waals surface area contributed by atoms with E-state index in [1.165, 1.54) is 16.7 Å². The number of pyridine rings is 1. The first kappa shape index (κ1) is 19.3. The number of aromatic nitrogens is 2. The second kappa shape index (κ2) is 6.48. The van der Waals surface area contributed by atoms with Crippen molar-refractivity contribution >= 4 is 32.3 Å². The Balaban J connectivity index is 0.00000171. The van der Waals surface area contributed by atoms with Gasteiger partial charge in [0.15, 0.2) is 21.7 Å². The summed E-state index contributed by atoms with van der Waals surface area (Å²) in [5.74, 6) is -0.0220. The minimum atomic E-state index is -3.56. The van der Waals surface area contributed by atoms with Crippen LogP contribution in [0.1, 0.15) is 16.7 Å². The van der Waals surface area contributed by atoms with Gasteiger partial charge in [-0.3, -0.25) is 9.59 Å². The van der Waals surface area contributed by atoms with Crippen LogP contribution in [0.15, 0.2) is 40.3 Å². The molecular formula is C20H25N3O5S. The van der Waals surface area contributed by atoms with E-state index in [9.17, 15) is 18.0 Å². The normalized spacial score (nSPS) is 16.6. The Kier molecular flexibility index (Phi) is 4.30. The average Bonchev–Trinajstić information content (AvgIpc) is 3.12. The van der Waals surface area contributed by atoms with Gasteiger partial charge in [0, 0.05) is 45.1 Å². The third kappa shape index (κ3) is 3.11. The third-order valence-corrected chi connectivity index (χ3v) is 6.13. The zero-order chi connectivity index (χ0) is 21.1. The first-order valence-corrected chi connectivity index (χ1v) is 11.0. The number of nitrogens with one attached hydrogen (secondary N) is 2. The Hall–Kier alpha value is -3.07. The smallest absolute Gasteiger partial charge is 0.274 e. The van der Waals surface area contributed by atoms with Crippen LogP contribution >= 0.6 is 0 Å². The van der Waals surface area contributed by atoms with Gasteiger partial charge in [0.25, 0.3) is 11.5 Å². The molecule has 1 atom stereocenters. The average molecular weight is 420 g/mol. The molecular weight excluding hydrogens is 394 g/mol. The molecule has 9 heteroatoms. The highest BCUT2D eigenvalue weighted by Crippen LogP contribution is 2.44. The number of ether oxygens (including phenoxy) is 1. The first-order valence-electron chi connectivity index (χ1n) is 9.10. The van der Waals surface area contributed by atoms with E-state index in [0.717, 1.165) is 6.26 Å². The standard InChI is InChI=1S/C20H21N3O5S.2H2/c1-10(2)17-19(24)22-15-8-11(29(4,26)27)7-13(18(15)28-17)14-9-23(3)20(25)16-12(14)5-6-21-16;;/h5-10,17,21H,1-4H3,(H,22,24);2*1H. The maximum Gasteiger partial charge on any atom is 0.274 e. The van der Waals surface area contributed by atoms with Gasteiger partial charge in [-0.1, -0.05) is 13.8 Å². The minimum Gasteiger partial charge on any atom is -0.477 e. The largest absolute Gasteiger partial charge is 0.477 e. The molecule has 3 aromatic rings. The van der Waals surface area contributed by atoms with Crippen molar-refractivity contribution in [3.05, 3.63) is 40.9 Å². The summed E-state index contributed by atoms with van der Waals surface area (Å²) < 4.78 is 32.0. The second-order valence-electron chi connectivity index (χ2n) is 7.62. The van der Waals surface area contributed by atoms with Crippen LogP contribution in [0.5, 0.6) is 5.75 Å². The van der Waals surface area contributed by atoms with Gasteiger partial charge in [-0.05, 0) is 24.1 Å². The van der Waals surface area contributed by atoms with Crippen molar-refractivity contribution in [2.24, 2.45) is 13.0 Å². The Labute approximate surface area is 170 Å². The Morgan fingerprint density at radius 3 is 2.59 bits per heavy atom. The van der Waals surface area contributed by atoms with Crippen molar-refractivity contribution in [3.63, 3.8) is 0 Å². The summed E-state index contributed by atoms with van der Waals surface area (Å²) in [5, 5.41) is 3.42. The molecule has 1 amide bonds. The summed E-state index contributed by atoms with van der Waals surface area (Å²) in [6.45, 7) is 3.74. The Morgan fingerprint density at radius 1 is 1.21 bits per heavy atom. The van der Waals surface area contributed by atoms with Crippen LogP contribution < -0.4 is 15.6 Å². The van der Waals surface area contributed by atoms with Gasteiger partial charge in [-0.2, -0.15) is 0 Å². The lowest BCUT2D eigenvalue weighted by molar-refractivity contribution is -0.125. The fourth-order valence-electron chi connectivity index (χ4n) is 3.54. The summed E-state index contributed by atoms with van der Waals surface area (Å²) in [5.41, 5.74) is 1.62. The molecule has 0 saturated carbocycles. The molecule has 156 valence electrons. The van der Waals surface area contributed by atoms with Crippen molar-refractivity contribution in [2.45, 2.75) is 24.8 Å². The molecule has 1 unspecified atom stereocenters. The number of hydrogen-bond acceptors (Lipinski definition) is 5. The molecule has 8 nitrogen and oxygen atoms in total. The van der Waals surface area contributed by atoms with Gasteiger partial charge in [0.05, 0.1) is 10.6 Å². The van der Waals surface area contributed by atoms with Crippen molar-refractivity contribution < 1.29 is 20.8 Å². The van der Waals surface area contributed by atoms with Crippen LogP contribution in [0.2, 0.25) is 0 Å². The highest BCUT2D eigenvalue weighted by atomic mass is 32.2. The van der Waals surface area contributed by atoms with Gasteiger partial charge in [0.2, 0.25) is 0 Å². The number of anilines is 1. The summed E-state index contributed by atoms with van der Waals surface area (Å²) >= 11 is 0. The SMILES string of the molecule is CC(C)C1Oc2c(cc(S(C)(=O)=O)cc2-c2cn(C)c(=O)c3[nH]ccc23)NC1=O.[HH].[HH]. The van der Waals surface area contributed by atoms with E-state index in [2.05, 4.69) is 10.3 Å². The summed E-state index contributed by atoms with van der Waals surface area (Å²) in [7, 11) is -1.93. The number of sulfone groups is 1. The summed E-state index contributed by atoms with van der Waals surface area (Å²) in [6, 6.07) is 4.68. The number of hydrogen-bond donors (Lipinski definition) is 2. The predicted octanol–water partition coefficient (Wildman–Crippen LogP) is 2.78. The fourth-order valence-corrected chi connectivity index (χ4v) is 4.21. The maximum atomic E-state index is 12.4. The minimum absolute atomic E-state index is 0. The molecule has 1 aliphatic heterocycles. The molecule has 1 aliphatic rings. The number of carbonyl (C=O) groups excluding carboxylic acids is 1. The number of aromatic amines is 1. The van der Waals surface area contributed by atoms with Crippen LogP contribution in [0.25, 0.3) is 22.0 Å². The van der Waals surface area contributed by atoms with E-state index in [0.29, 0.717) is 33.5 Å². The lowest BCUT2D eigenvalue weighted by Crippen LogP contribution is -2.40. The van der Waals surface area contributed by atoms with Crippen molar-refractivity contribution in [1.82, 2.24) is 9.55 Å². The second-order valence-corrected chi connectivity index (χ2v) is 9.63. The number of nitrogens with zero attached hydrogens (tertiary/aromatic N) is 1. The number of aryl methyl sites for hydroxylation is 1. The molecule has 0 radical (unpaired) electrons. The van der Waals surface area contributed by atoms with Gasteiger partial charge < -0.3 is 19.6 Å². The van der Waals surface area contributed by atoms with E-state index in [-0.39, 0.29) is 25.1 Å². The van der Waals surface area contributed by atoms with Gasteiger partial charge in [-0.25, -0.2) is 8.42 Å². The Morgan fingerprint density at radius 2 is 1.93 bits per heavy atom. The van der Waals surface area contributed by atoms with Crippen molar-refractivity contribution in [2.75, 3.05) is 11.6 Å². The third-order valence-electron chi connectivity index (χ3n) is 5.04. The summed E-state index contributed by atoms with van der Waals surface area (Å²) in [6.07, 6.45) is 3.69. The van der Waals surface area contributed by atoms with Crippen molar-refractivity contribution in [3.8, 4) is 16.9 Å². The van der Waals surface area contributed by atoms with Gasteiger partial charge >= 0.3 is 0 Å². The number of carbonyl (C=O) groups is 1. The number of H-pyrrole nitrogens is 1. The zero-order valence-corrected chi connectivity index (χ0v) is 17.3. The van der Waals surface area contributed by atoms with Crippen molar-refractivity contribution in [1.29, 1.82) is 0 Å². The molecule has 2 aromatic heterocycles. The van der Waals surface area contributed by atoms with Crippen LogP contribution in [-0.4, -0.2) is 36.2 Å². The van der Waals surface area contributed by atoms with Gasteiger partial charge in [0.1, 0.15) is 5.52 Å². The van der Waals surface area contributed by atoms with E-state index >= 15 is 0 Å². The number of benzene rings is 1. The molecule has 1 aromatic carbocycles.